The van der Waals surface area contributed by atoms with Gasteiger partial charge in [0.25, 0.3) is 0 Å². The fraction of sp³-hybridized carbons (Fsp3) is 0.769. The standard InChI is InChI=1S/C13H25N3OS/c1-5-14-7-13-15-12(10-18-13)8-16(6-2)11(3)9-17-4/h10-11,14H,5-9H2,1-4H3. The van der Waals surface area contributed by atoms with Crippen LogP contribution < -0.4 is 5.32 Å². The lowest BCUT2D eigenvalue weighted by atomic mass is 10.3. The molecule has 1 aromatic rings. The second-order valence-electron chi connectivity index (χ2n) is 4.38. The van der Waals surface area contributed by atoms with E-state index < -0.39 is 0 Å². The van der Waals surface area contributed by atoms with Gasteiger partial charge in [0, 0.05) is 31.6 Å². The van der Waals surface area contributed by atoms with Gasteiger partial charge in [0.1, 0.15) is 5.01 Å². The predicted molar refractivity (Wildman–Crippen MR) is 76.9 cm³/mol. The Bertz CT molecular complexity index is 330. The molecule has 0 fully saturated rings. The number of ether oxygens (including phenoxy) is 1. The lowest BCUT2D eigenvalue weighted by molar-refractivity contribution is 0.0975. The number of thiazole rings is 1. The van der Waals surface area contributed by atoms with Crippen molar-refractivity contribution >= 4 is 11.3 Å². The summed E-state index contributed by atoms with van der Waals surface area (Å²) in [6, 6.07) is 0.430. The normalized spacial score (nSPS) is 13.2. The molecule has 1 atom stereocenters. The van der Waals surface area contributed by atoms with Crippen molar-refractivity contribution in [1.29, 1.82) is 0 Å². The Balaban J connectivity index is 2.50. The molecule has 4 nitrogen and oxygen atoms in total. The second-order valence-corrected chi connectivity index (χ2v) is 5.32. The largest absolute Gasteiger partial charge is 0.383 e. The maximum atomic E-state index is 5.21. The van der Waals surface area contributed by atoms with Crippen molar-refractivity contribution in [3.8, 4) is 0 Å². The molecule has 1 rings (SSSR count). The molecule has 1 aromatic heterocycles. The van der Waals surface area contributed by atoms with Crippen LogP contribution in [0.25, 0.3) is 0 Å². The summed E-state index contributed by atoms with van der Waals surface area (Å²) in [7, 11) is 1.75. The zero-order chi connectivity index (χ0) is 13.4. The number of rotatable bonds is 9. The molecule has 1 unspecified atom stereocenters. The Morgan fingerprint density at radius 2 is 2.28 bits per heavy atom. The fourth-order valence-corrected chi connectivity index (χ4v) is 2.62. The van der Waals surface area contributed by atoms with Gasteiger partial charge in [-0.25, -0.2) is 4.98 Å². The van der Waals surface area contributed by atoms with E-state index in [9.17, 15) is 0 Å². The van der Waals surface area contributed by atoms with Gasteiger partial charge in [-0.15, -0.1) is 11.3 Å². The number of nitrogens with zero attached hydrogens (tertiary/aromatic N) is 2. The van der Waals surface area contributed by atoms with Crippen molar-refractivity contribution in [3.63, 3.8) is 0 Å². The first-order valence-electron chi connectivity index (χ1n) is 6.58. The van der Waals surface area contributed by atoms with Gasteiger partial charge >= 0.3 is 0 Å². The van der Waals surface area contributed by atoms with Gasteiger partial charge in [-0.3, -0.25) is 4.90 Å². The highest BCUT2D eigenvalue weighted by molar-refractivity contribution is 7.09. The van der Waals surface area contributed by atoms with E-state index in [1.807, 2.05) is 0 Å². The second kappa shape index (κ2) is 8.58. The zero-order valence-corrected chi connectivity index (χ0v) is 12.7. The maximum absolute atomic E-state index is 5.21. The summed E-state index contributed by atoms with van der Waals surface area (Å²) in [4.78, 5) is 7.04. The van der Waals surface area contributed by atoms with Gasteiger partial charge < -0.3 is 10.1 Å². The minimum Gasteiger partial charge on any atom is -0.383 e. The van der Waals surface area contributed by atoms with Crippen molar-refractivity contribution in [3.05, 3.63) is 16.1 Å². The average Bonchev–Trinajstić information content (AvgIpc) is 2.81. The van der Waals surface area contributed by atoms with Crippen LogP contribution in [-0.4, -0.2) is 42.7 Å². The number of hydrogen-bond donors (Lipinski definition) is 1. The summed E-state index contributed by atoms with van der Waals surface area (Å²) >= 11 is 1.74. The van der Waals surface area contributed by atoms with Gasteiger partial charge in [0.2, 0.25) is 0 Å². The number of methoxy groups -OCH3 is 1. The molecule has 0 aliphatic heterocycles. The molecular formula is C13H25N3OS. The van der Waals surface area contributed by atoms with E-state index >= 15 is 0 Å². The van der Waals surface area contributed by atoms with Crippen molar-refractivity contribution in [2.24, 2.45) is 0 Å². The Kier molecular flexibility index (Phi) is 7.42. The SMILES string of the molecule is CCNCc1nc(CN(CC)C(C)COC)cs1. The van der Waals surface area contributed by atoms with Crippen LogP contribution in [0.3, 0.4) is 0 Å². The monoisotopic (exact) mass is 271 g/mol. The van der Waals surface area contributed by atoms with Crippen molar-refractivity contribution in [2.45, 2.75) is 39.9 Å². The Morgan fingerprint density at radius 1 is 1.50 bits per heavy atom. The Labute approximate surface area is 114 Å². The van der Waals surface area contributed by atoms with Gasteiger partial charge in [-0.2, -0.15) is 0 Å². The molecule has 0 amide bonds. The molecule has 5 heteroatoms. The van der Waals surface area contributed by atoms with Crippen LogP contribution in [0.1, 0.15) is 31.5 Å². The van der Waals surface area contributed by atoms with Crippen LogP contribution >= 0.6 is 11.3 Å². The Hall–Kier alpha value is -0.490. The molecule has 0 aliphatic carbocycles. The molecular weight excluding hydrogens is 246 g/mol. The molecule has 0 bridgehead atoms. The van der Waals surface area contributed by atoms with E-state index in [0.29, 0.717) is 6.04 Å². The van der Waals surface area contributed by atoms with Crippen molar-refractivity contribution < 1.29 is 4.74 Å². The molecule has 0 radical (unpaired) electrons. The highest BCUT2D eigenvalue weighted by Gasteiger charge is 2.13. The molecule has 0 aliphatic rings. The maximum Gasteiger partial charge on any atom is 0.107 e. The minimum atomic E-state index is 0.430. The molecule has 0 aromatic carbocycles. The van der Waals surface area contributed by atoms with E-state index in [1.54, 1.807) is 18.4 Å². The smallest absolute Gasteiger partial charge is 0.107 e. The third kappa shape index (κ3) is 5.02. The minimum absolute atomic E-state index is 0.430. The summed E-state index contributed by atoms with van der Waals surface area (Å²) < 4.78 is 5.21. The number of hydrogen-bond acceptors (Lipinski definition) is 5. The molecule has 1 heterocycles. The van der Waals surface area contributed by atoms with Crippen molar-refractivity contribution in [1.82, 2.24) is 15.2 Å². The van der Waals surface area contributed by atoms with E-state index in [4.69, 9.17) is 4.74 Å². The number of nitrogens with one attached hydrogen (secondary N) is 1. The van der Waals surface area contributed by atoms with Gasteiger partial charge in [-0.1, -0.05) is 13.8 Å². The first-order valence-corrected chi connectivity index (χ1v) is 7.46. The summed E-state index contributed by atoms with van der Waals surface area (Å²) in [6.45, 7) is 11.0. The lowest BCUT2D eigenvalue weighted by Gasteiger charge is -2.26. The van der Waals surface area contributed by atoms with Crippen LogP contribution in [0, 0.1) is 0 Å². The third-order valence-corrected chi connectivity index (χ3v) is 3.83. The van der Waals surface area contributed by atoms with Gasteiger partial charge in [0.05, 0.1) is 12.3 Å². The summed E-state index contributed by atoms with van der Waals surface area (Å²) in [5, 5.41) is 6.63. The predicted octanol–water partition coefficient (Wildman–Crippen LogP) is 2.11. The van der Waals surface area contributed by atoms with Crippen LogP contribution in [-0.2, 0) is 17.8 Å². The van der Waals surface area contributed by atoms with Crippen LogP contribution in [0.15, 0.2) is 5.38 Å². The highest BCUT2D eigenvalue weighted by atomic mass is 32.1. The molecule has 0 saturated carbocycles. The van der Waals surface area contributed by atoms with Gasteiger partial charge in [-0.05, 0) is 20.0 Å². The molecule has 18 heavy (non-hydrogen) atoms. The zero-order valence-electron chi connectivity index (χ0n) is 11.9. The number of likely N-dealkylation sites (N-methyl/N-ethyl adjacent to an activating group) is 1. The summed E-state index contributed by atoms with van der Waals surface area (Å²) in [5.74, 6) is 0. The van der Waals surface area contributed by atoms with E-state index in [-0.39, 0.29) is 0 Å². The first-order chi connectivity index (χ1) is 8.71. The Morgan fingerprint density at radius 3 is 2.89 bits per heavy atom. The molecule has 104 valence electrons. The lowest BCUT2D eigenvalue weighted by Crippen LogP contribution is -2.35. The number of aromatic nitrogens is 1. The summed E-state index contributed by atoms with van der Waals surface area (Å²) in [6.07, 6.45) is 0. The van der Waals surface area contributed by atoms with E-state index in [1.165, 1.54) is 5.01 Å². The molecule has 0 saturated heterocycles. The van der Waals surface area contributed by atoms with Crippen LogP contribution in [0.4, 0.5) is 0 Å². The topological polar surface area (TPSA) is 37.4 Å². The highest BCUT2D eigenvalue weighted by Crippen LogP contribution is 2.13. The summed E-state index contributed by atoms with van der Waals surface area (Å²) in [5.41, 5.74) is 1.16. The average molecular weight is 271 g/mol. The molecule has 1 N–H and O–H groups in total. The van der Waals surface area contributed by atoms with Crippen LogP contribution in [0.5, 0.6) is 0 Å². The fourth-order valence-electron chi connectivity index (χ4n) is 1.87. The van der Waals surface area contributed by atoms with E-state index in [2.05, 4.69) is 41.4 Å². The molecule has 0 spiro atoms. The van der Waals surface area contributed by atoms with Crippen LogP contribution in [0.2, 0.25) is 0 Å². The van der Waals surface area contributed by atoms with E-state index in [0.717, 1.165) is 38.5 Å². The first kappa shape index (κ1) is 15.6. The third-order valence-electron chi connectivity index (χ3n) is 2.93. The van der Waals surface area contributed by atoms with Crippen molar-refractivity contribution in [2.75, 3.05) is 26.8 Å². The quantitative estimate of drug-likeness (QED) is 0.746. The van der Waals surface area contributed by atoms with Gasteiger partial charge in [0.15, 0.2) is 0 Å².